The van der Waals surface area contributed by atoms with E-state index in [2.05, 4.69) is 10.3 Å². The van der Waals surface area contributed by atoms with Gasteiger partial charge in [-0.2, -0.15) is 0 Å². The van der Waals surface area contributed by atoms with Crippen LogP contribution in [0.15, 0.2) is 47.5 Å². The number of amidine groups is 1. The number of aromatic hydroxyl groups is 1. The second-order valence-electron chi connectivity index (χ2n) is 4.32. The number of phenolic OH excluding ortho intramolecular Hbond substituents is 1. The molecule has 0 spiro atoms. The molecule has 0 saturated carbocycles. The number of phenols is 1. The van der Waals surface area contributed by atoms with E-state index in [0.29, 0.717) is 11.3 Å². The summed E-state index contributed by atoms with van der Waals surface area (Å²) in [6.45, 7) is 0. The van der Waals surface area contributed by atoms with E-state index in [0.717, 1.165) is 5.56 Å². The van der Waals surface area contributed by atoms with E-state index >= 15 is 0 Å². The summed E-state index contributed by atoms with van der Waals surface area (Å²) < 4.78 is 13.7. The number of rotatable bonds is 1. The molecule has 0 radical (unpaired) electrons. The van der Waals surface area contributed by atoms with Gasteiger partial charge in [0.1, 0.15) is 23.6 Å². The lowest BCUT2D eigenvalue weighted by molar-refractivity contribution is 0.475. The van der Waals surface area contributed by atoms with E-state index in [4.69, 9.17) is 5.73 Å². The Labute approximate surface area is 121 Å². The highest BCUT2D eigenvalue weighted by atomic mass is 35.5. The Balaban J connectivity index is 0.00000147. The molecule has 0 saturated heterocycles. The first-order valence-corrected chi connectivity index (χ1v) is 5.83. The van der Waals surface area contributed by atoms with Crippen LogP contribution in [-0.4, -0.2) is 10.9 Å². The van der Waals surface area contributed by atoms with Gasteiger partial charge in [0.15, 0.2) is 0 Å². The largest absolute Gasteiger partial charge is 0.508 e. The van der Waals surface area contributed by atoms with E-state index in [9.17, 15) is 9.50 Å². The van der Waals surface area contributed by atoms with E-state index in [1.165, 1.54) is 6.07 Å². The molecule has 2 aromatic carbocycles. The van der Waals surface area contributed by atoms with E-state index < -0.39 is 5.82 Å². The number of halogens is 2. The lowest BCUT2D eigenvalue weighted by Gasteiger charge is -2.24. The molecule has 1 atom stereocenters. The highest BCUT2D eigenvalue weighted by molar-refractivity contribution is 6.04. The van der Waals surface area contributed by atoms with Gasteiger partial charge in [-0.1, -0.05) is 18.2 Å². The van der Waals surface area contributed by atoms with Crippen molar-refractivity contribution in [3.63, 3.8) is 0 Å². The molecule has 6 heteroatoms. The first kappa shape index (κ1) is 14.1. The monoisotopic (exact) mass is 293 g/mol. The number of nitrogens with one attached hydrogen (secondary N) is 1. The Morgan fingerprint density at radius 2 is 1.85 bits per heavy atom. The molecule has 0 bridgehead atoms. The molecule has 1 aliphatic heterocycles. The summed E-state index contributed by atoms with van der Waals surface area (Å²) in [4.78, 5) is 4.25. The molecule has 104 valence electrons. The summed E-state index contributed by atoms with van der Waals surface area (Å²) >= 11 is 0. The van der Waals surface area contributed by atoms with Crippen LogP contribution in [-0.2, 0) is 0 Å². The normalized spacial score (nSPS) is 16.4. The molecule has 2 aromatic rings. The number of fused-ring (bicyclic) bond motifs is 1. The molecule has 0 aromatic heterocycles. The Morgan fingerprint density at radius 1 is 1.15 bits per heavy atom. The predicted octanol–water partition coefficient (Wildman–Crippen LogP) is 2.78. The third kappa shape index (κ3) is 2.40. The fourth-order valence-corrected chi connectivity index (χ4v) is 2.10. The Bertz CT molecular complexity index is 658. The van der Waals surface area contributed by atoms with Crippen LogP contribution >= 0.6 is 12.4 Å². The first-order chi connectivity index (χ1) is 9.15. The lowest BCUT2D eigenvalue weighted by atomic mass is 10.1. The maximum atomic E-state index is 13.7. The summed E-state index contributed by atoms with van der Waals surface area (Å²) in [5.41, 5.74) is 7.59. The molecule has 4 N–H and O–H groups in total. The fraction of sp³-hybridized carbons (Fsp3) is 0.0714. The van der Waals surface area contributed by atoms with Gasteiger partial charge in [0.25, 0.3) is 0 Å². The van der Waals surface area contributed by atoms with Crippen molar-refractivity contribution in [2.24, 2.45) is 10.7 Å². The Morgan fingerprint density at radius 3 is 2.55 bits per heavy atom. The molecule has 0 amide bonds. The lowest BCUT2D eigenvalue weighted by Crippen LogP contribution is -2.26. The summed E-state index contributed by atoms with van der Waals surface area (Å²) in [7, 11) is 0. The van der Waals surface area contributed by atoms with Crippen molar-refractivity contribution in [2.45, 2.75) is 6.17 Å². The second-order valence-corrected chi connectivity index (χ2v) is 4.32. The third-order valence-electron chi connectivity index (χ3n) is 3.04. The molecule has 0 aliphatic carbocycles. The van der Waals surface area contributed by atoms with Gasteiger partial charge < -0.3 is 16.2 Å². The fourth-order valence-electron chi connectivity index (χ4n) is 2.10. The average molecular weight is 294 g/mol. The van der Waals surface area contributed by atoms with Crippen LogP contribution < -0.4 is 11.1 Å². The number of benzene rings is 2. The van der Waals surface area contributed by atoms with Crippen molar-refractivity contribution in [1.82, 2.24) is 0 Å². The molecule has 1 heterocycles. The first-order valence-electron chi connectivity index (χ1n) is 5.83. The maximum Gasteiger partial charge on any atom is 0.147 e. The molecule has 1 aliphatic rings. The smallest absolute Gasteiger partial charge is 0.147 e. The van der Waals surface area contributed by atoms with Gasteiger partial charge >= 0.3 is 0 Å². The highest BCUT2D eigenvalue weighted by Gasteiger charge is 2.22. The molecular formula is C14H13ClFN3O. The number of anilines is 1. The molecule has 20 heavy (non-hydrogen) atoms. The topological polar surface area (TPSA) is 70.6 Å². The van der Waals surface area contributed by atoms with Gasteiger partial charge in [0.2, 0.25) is 0 Å². The van der Waals surface area contributed by atoms with Crippen molar-refractivity contribution in [2.75, 3.05) is 5.32 Å². The Kier molecular flexibility index (Phi) is 3.81. The molecule has 0 fully saturated rings. The zero-order valence-electron chi connectivity index (χ0n) is 10.4. The van der Waals surface area contributed by atoms with Crippen LogP contribution in [0.4, 0.5) is 10.1 Å². The maximum absolute atomic E-state index is 13.7. The second kappa shape index (κ2) is 5.38. The van der Waals surface area contributed by atoms with Crippen LogP contribution in [0.1, 0.15) is 17.3 Å². The van der Waals surface area contributed by atoms with Gasteiger partial charge in [-0.3, -0.25) is 0 Å². The van der Waals surface area contributed by atoms with Crippen LogP contribution in [0.3, 0.4) is 0 Å². The SMILES string of the molecule is Cl.NC1=NC(c2ccc(O)cc2)Nc2cccc(F)c21. The zero-order valence-corrected chi connectivity index (χ0v) is 11.2. The summed E-state index contributed by atoms with van der Waals surface area (Å²) in [5.74, 6) is -0.0386. The number of hydrogen-bond donors (Lipinski definition) is 3. The van der Waals surface area contributed by atoms with Crippen LogP contribution in [0.25, 0.3) is 0 Å². The van der Waals surface area contributed by atoms with E-state index in [1.807, 2.05) is 0 Å². The van der Waals surface area contributed by atoms with Crippen LogP contribution in [0.2, 0.25) is 0 Å². The summed E-state index contributed by atoms with van der Waals surface area (Å²) in [6, 6.07) is 11.4. The molecule has 3 rings (SSSR count). The van der Waals surface area contributed by atoms with Crippen LogP contribution in [0.5, 0.6) is 5.75 Å². The molecular weight excluding hydrogens is 281 g/mol. The molecule has 1 unspecified atom stereocenters. The number of nitrogens with two attached hydrogens (primary N) is 1. The quantitative estimate of drug-likeness (QED) is 0.757. The van der Waals surface area contributed by atoms with Crippen molar-refractivity contribution < 1.29 is 9.50 Å². The van der Waals surface area contributed by atoms with Gasteiger partial charge in [-0.05, 0) is 29.8 Å². The number of hydrogen-bond acceptors (Lipinski definition) is 4. The van der Waals surface area contributed by atoms with Gasteiger partial charge in [-0.25, -0.2) is 9.38 Å². The van der Waals surface area contributed by atoms with Crippen molar-refractivity contribution in [1.29, 1.82) is 0 Å². The van der Waals surface area contributed by atoms with Crippen molar-refractivity contribution in [3.05, 3.63) is 59.4 Å². The predicted molar refractivity (Wildman–Crippen MR) is 78.8 cm³/mol. The minimum Gasteiger partial charge on any atom is -0.508 e. The minimum absolute atomic E-state index is 0. The van der Waals surface area contributed by atoms with E-state index in [1.54, 1.807) is 36.4 Å². The summed E-state index contributed by atoms with van der Waals surface area (Å²) in [5, 5.41) is 12.4. The standard InChI is InChI=1S/C14H12FN3O.ClH/c15-10-2-1-3-11-12(10)13(16)18-14(17-11)8-4-6-9(19)7-5-8;/h1-7,14,17,19H,(H2,16,18);1H. The highest BCUT2D eigenvalue weighted by Crippen LogP contribution is 2.30. The van der Waals surface area contributed by atoms with Gasteiger partial charge in [0, 0.05) is 5.69 Å². The van der Waals surface area contributed by atoms with Crippen molar-refractivity contribution in [3.8, 4) is 5.75 Å². The van der Waals surface area contributed by atoms with Crippen LogP contribution in [0, 0.1) is 5.82 Å². The minimum atomic E-state index is -0.393. The van der Waals surface area contributed by atoms with Crippen molar-refractivity contribution >= 4 is 23.9 Å². The zero-order chi connectivity index (χ0) is 13.4. The number of aliphatic imine (C=N–C) groups is 1. The molecule has 4 nitrogen and oxygen atoms in total. The van der Waals surface area contributed by atoms with Gasteiger partial charge in [0.05, 0.1) is 5.56 Å². The number of nitrogens with zero attached hydrogens (tertiary/aromatic N) is 1. The van der Waals surface area contributed by atoms with E-state index in [-0.39, 0.29) is 30.2 Å². The third-order valence-corrected chi connectivity index (χ3v) is 3.04. The summed E-state index contributed by atoms with van der Waals surface area (Å²) in [6.07, 6.45) is -0.380. The Hall–Kier alpha value is -2.27. The van der Waals surface area contributed by atoms with Gasteiger partial charge in [-0.15, -0.1) is 12.4 Å². The average Bonchev–Trinajstić information content (AvgIpc) is 2.39.